The maximum absolute atomic E-state index is 13.3. The molecule has 1 aliphatic rings. The van der Waals surface area contributed by atoms with Gasteiger partial charge in [-0.05, 0) is 53.6 Å². The average molecular weight is 330 g/mol. The van der Waals surface area contributed by atoms with E-state index >= 15 is 0 Å². The summed E-state index contributed by atoms with van der Waals surface area (Å²) in [6.07, 6.45) is 2.71. The first-order chi connectivity index (χ1) is 11.0. The number of imide groups is 1. The number of benzene rings is 2. The fourth-order valence-electron chi connectivity index (χ4n) is 2.34. The molecule has 0 atom stereocenters. The van der Waals surface area contributed by atoms with Crippen molar-refractivity contribution in [2.24, 2.45) is 0 Å². The van der Waals surface area contributed by atoms with Gasteiger partial charge in [0.2, 0.25) is 5.24 Å². The summed E-state index contributed by atoms with van der Waals surface area (Å²) in [5.74, 6) is -1.63. The second kappa shape index (κ2) is 5.78. The highest BCUT2D eigenvalue weighted by atomic mass is 35.5. The molecule has 2 aromatic carbocycles. The second-order valence-corrected chi connectivity index (χ2v) is 5.24. The van der Waals surface area contributed by atoms with E-state index in [0.717, 1.165) is 17.0 Å². The first-order valence-electron chi connectivity index (χ1n) is 6.63. The Bertz CT molecular complexity index is 859. The summed E-state index contributed by atoms with van der Waals surface area (Å²) in [6, 6.07) is 9.90. The number of allylic oxidation sites excluding steroid dienone is 1. The highest BCUT2D eigenvalue weighted by Crippen LogP contribution is 2.29. The molecule has 0 bridgehead atoms. The van der Waals surface area contributed by atoms with Gasteiger partial charge in [-0.3, -0.25) is 14.4 Å². The highest BCUT2D eigenvalue weighted by Gasteiger charge is 2.36. The number of carbonyl (C=O) groups is 3. The maximum atomic E-state index is 13.3. The number of nitrogens with zero attached hydrogens (tertiary/aromatic N) is 1. The number of hydrogen-bond acceptors (Lipinski definition) is 3. The van der Waals surface area contributed by atoms with Gasteiger partial charge in [0.05, 0.1) is 16.8 Å². The SMILES string of the molecule is O=C(Cl)/C=C/c1ccc(N2C(=O)c3ccc(F)cc3C2=O)cc1. The number of amides is 2. The zero-order chi connectivity index (χ0) is 16.6. The van der Waals surface area contributed by atoms with E-state index in [9.17, 15) is 18.8 Å². The van der Waals surface area contributed by atoms with E-state index in [0.29, 0.717) is 11.3 Å². The molecular formula is C17H9ClFNO3. The molecule has 2 amide bonds. The molecule has 6 heteroatoms. The van der Waals surface area contributed by atoms with Crippen molar-refractivity contribution in [3.05, 3.63) is 71.0 Å². The third-order valence-corrected chi connectivity index (χ3v) is 3.53. The summed E-state index contributed by atoms with van der Waals surface area (Å²) in [4.78, 5) is 36.3. The van der Waals surface area contributed by atoms with Gasteiger partial charge >= 0.3 is 0 Å². The van der Waals surface area contributed by atoms with Gasteiger partial charge in [-0.1, -0.05) is 18.2 Å². The minimum atomic E-state index is -0.601. The molecule has 0 radical (unpaired) electrons. The largest absolute Gasteiger partial charge is 0.276 e. The molecule has 0 fully saturated rings. The lowest BCUT2D eigenvalue weighted by Gasteiger charge is -2.13. The van der Waals surface area contributed by atoms with E-state index in [1.165, 1.54) is 18.2 Å². The first kappa shape index (κ1) is 15.1. The highest BCUT2D eigenvalue weighted by molar-refractivity contribution is 6.66. The van der Waals surface area contributed by atoms with Crippen LogP contribution in [0.3, 0.4) is 0 Å². The van der Waals surface area contributed by atoms with Crippen LogP contribution in [0.2, 0.25) is 0 Å². The molecule has 114 valence electrons. The molecule has 1 aliphatic heterocycles. The number of rotatable bonds is 3. The molecule has 0 saturated carbocycles. The predicted octanol–water partition coefficient (Wildman–Crippen LogP) is 3.40. The van der Waals surface area contributed by atoms with Crippen molar-refractivity contribution in [1.82, 2.24) is 0 Å². The van der Waals surface area contributed by atoms with Gasteiger partial charge in [-0.25, -0.2) is 9.29 Å². The molecule has 0 N–H and O–H groups in total. The maximum Gasteiger partial charge on any atom is 0.266 e. The van der Waals surface area contributed by atoms with Crippen LogP contribution in [-0.4, -0.2) is 17.1 Å². The summed E-state index contributed by atoms with van der Waals surface area (Å²) >= 11 is 5.21. The van der Waals surface area contributed by atoms with Crippen LogP contribution in [0.15, 0.2) is 48.5 Å². The number of carbonyl (C=O) groups excluding carboxylic acids is 3. The van der Waals surface area contributed by atoms with Crippen LogP contribution in [0.5, 0.6) is 0 Å². The van der Waals surface area contributed by atoms with E-state index in [-0.39, 0.29) is 11.1 Å². The summed E-state index contributed by atoms with van der Waals surface area (Å²) in [5, 5.41) is -0.601. The molecule has 2 aromatic rings. The number of fused-ring (bicyclic) bond motifs is 1. The fraction of sp³-hybridized carbons (Fsp3) is 0. The van der Waals surface area contributed by atoms with Crippen molar-refractivity contribution >= 4 is 40.4 Å². The lowest BCUT2D eigenvalue weighted by Crippen LogP contribution is -2.29. The fourth-order valence-corrected chi connectivity index (χ4v) is 2.41. The topological polar surface area (TPSA) is 54.5 Å². The Morgan fingerprint density at radius 2 is 1.65 bits per heavy atom. The molecule has 1 heterocycles. The Hall–Kier alpha value is -2.79. The van der Waals surface area contributed by atoms with Crippen molar-refractivity contribution in [1.29, 1.82) is 0 Å². The van der Waals surface area contributed by atoms with E-state index < -0.39 is 22.9 Å². The van der Waals surface area contributed by atoms with Gasteiger partial charge in [0.25, 0.3) is 11.8 Å². The van der Waals surface area contributed by atoms with Crippen LogP contribution >= 0.6 is 11.6 Å². The molecule has 0 unspecified atom stereocenters. The Morgan fingerprint density at radius 3 is 2.30 bits per heavy atom. The predicted molar refractivity (Wildman–Crippen MR) is 83.9 cm³/mol. The number of anilines is 1. The van der Waals surface area contributed by atoms with Crippen LogP contribution in [0.4, 0.5) is 10.1 Å². The molecule has 23 heavy (non-hydrogen) atoms. The molecule has 0 saturated heterocycles. The van der Waals surface area contributed by atoms with Crippen molar-refractivity contribution in [3.8, 4) is 0 Å². The Labute approximate surface area is 135 Å². The standard InChI is InChI=1S/C17H9ClFNO3/c18-15(21)8-3-10-1-5-12(6-2-10)20-16(22)13-7-4-11(19)9-14(13)17(20)23/h1-9H/b8-3+. The molecule has 3 rings (SSSR count). The molecule has 0 aromatic heterocycles. The Kier molecular flexibility index (Phi) is 3.80. The Morgan fingerprint density at radius 1 is 1.00 bits per heavy atom. The van der Waals surface area contributed by atoms with Crippen LogP contribution in [0, 0.1) is 5.82 Å². The third kappa shape index (κ3) is 2.78. The quantitative estimate of drug-likeness (QED) is 0.492. The van der Waals surface area contributed by atoms with Crippen LogP contribution in [-0.2, 0) is 4.79 Å². The summed E-state index contributed by atoms with van der Waals surface area (Å²) in [7, 11) is 0. The van der Waals surface area contributed by atoms with Crippen LogP contribution in [0.1, 0.15) is 26.3 Å². The molecular weight excluding hydrogens is 321 g/mol. The van der Waals surface area contributed by atoms with Gasteiger partial charge in [0.15, 0.2) is 0 Å². The minimum Gasteiger partial charge on any atom is -0.276 e. The van der Waals surface area contributed by atoms with Crippen LogP contribution < -0.4 is 4.90 Å². The summed E-state index contributed by atoms with van der Waals surface area (Å²) in [5.41, 5.74) is 1.27. The van der Waals surface area contributed by atoms with E-state index in [1.807, 2.05) is 0 Å². The first-order valence-corrected chi connectivity index (χ1v) is 7.01. The van der Waals surface area contributed by atoms with E-state index in [2.05, 4.69) is 0 Å². The lowest BCUT2D eigenvalue weighted by atomic mass is 10.1. The normalized spacial score (nSPS) is 13.7. The Balaban J connectivity index is 1.93. The van der Waals surface area contributed by atoms with Crippen molar-refractivity contribution in [3.63, 3.8) is 0 Å². The minimum absolute atomic E-state index is 0.0479. The van der Waals surface area contributed by atoms with Crippen molar-refractivity contribution in [2.75, 3.05) is 4.90 Å². The van der Waals surface area contributed by atoms with Gasteiger partial charge in [0.1, 0.15) is 5.82 Å². The molecule has 4 nitrogen and oxygen atoms in total. The lowest BCUT2D eigenvalue weighted by molar-refractivity contribution is -0.107. The van der Waals surface area contributed by atoms with E-state index in [4.69, 9.17) is 11.6 Å². The van der Waals surface area contributed by atoms with Gasteiger partial charge in [-0.2, -0.15) is 0 Å². The van der Waals surface area contributed by atoms with Crippen LogP contribution in [0.25, 0.3) is 6.08 Å². The number of halogens is 2. The van der Waals surface area contributed by atoms with Gasteiger partial charge < -0.3 is 0 Å². The van der Waals surface area contributed by atoms with Gasteiger partial charge in [-0.15, -0.1) is 0 Å². The summed E-state index contributed by atoms with van der Waals surface area (Å²) < 4.78 is 13.3. The molecule has 0 aliphatic carbocycles. The second-order valence-electron chi connectivity index (χ2n) is 4.86. The summed E-state index contributed by atoms with van der Waals surface area (Å²) in [6.45, 7) is 0. The average Bonchev–Trinajstić information content (AvgIpc) is 2.77. The van der Waals surface area contributed by atoms with Crippen molar-refractivity contribution < 1.29 is 18.8 Å². The van der Waals surface area contributed by atoms with Crippen molar-refractivity contribution in [2.45, 2.75) is 0 Å². The zero-order valence-corrected chi connectivity index (χ0v) is 12.4. The monoisotopic (exact) mass is 329 g/mol. The van der Waals surface area contributed by atoms with Gasteiger partial charge in [0, 0.05) is 0 Å². The van der Waals surface area contributed by atoms with E-state index in [1.54, 1.807) is 24.3 Å². The molecule has 0 spiro atoms. The zero-order valence-electron chi connectivity index (χ0n) is 11.6. The number of hydrogen-bond donors (Lipinski definition) is 0. The third-order valence-electron chi connectivity index (χ3n) is 3.41. The smallest absolute Gasteiger partial charge is 0.266 e.